The molecular weight excluding hydrogens is 384 g/mol. The number of nitrogens with one attached hydrogen (secondary N) is 2. The van der Waals surface area contributed by atoms with Gasteiger partial charge in [0.2, 0.25) is 11.8 Å². The zero-order valence-electron chi connectivity index (χ0n) is 17.1. The summed E-state index contributed by atoms with van der Waals surface area (Å²) in [7, 11) is 0. The molecule has 0 radical (unpaired) electrons. The Kier molecular flexibility index (Phi) is 6.68. The molecule has 2 aromatic carbocycles. The highest BCUT2D eigenvalue weighted by molar-refractivity contribution is 6.00. The fourth-order valence-corrected chi connectivity index (χ4v) is 3.50. The molecule has 0 atom stereocenters. The molecule has 0 aliphatic carbocycles. The summed E-state index contributed by atoms with van der Waals surface area (Å²) in [6, 6.07) is 12.7. The number of nitrogens with zero attached hydrogens (tertiary/aromatic N) is 2. The molecule has 0 unspecified atom stereocenters. The molecule has 1 heterocycles. The fraction of sp³-hybridized carbons (Fsp3) is 0.318. The van der Waals surface area contributed by atoms with Gasteiger partial charge in [-0.25, -0.2) is 4.79 Å². The van der Waals surface area contributed by atoms with Gasteiger partial charge in [-0.1, -0.05) is 12.1 Å². The maximum absolute atomic E-state index is 12.3. The molecule has 0 bridgehead atoms. The van der Waals surface area contributed by atoms with Crippen LogP contribution in [0.2, 0.25) is 0 Å². The van der Waals surface area contributed by atoms with Crippen molar-refractivity contribution in [3.63, 3.8) is 0 Å². The Morgan fingerprint density at radius 2 is 1.73 bits per heavy atom. The Hall–Kier alpha value is -3.39. The standard InChI is InChI=1S/C22H26N4O4/c1-15-4-3-5-17(12-15)24-21(28)14-25-8-10-26(11-9-25)18-6-7-20(23-16(2)27)19(13-18)22(29)30/h3-7,12-13H,8-11,14H2,1-2H3,(H,23,27)(H,24,28)(H,29,30). The molecule has 1 aliphatic rings. The van der Waals surface area contributed by atoms with Crippen LogP contribution in [-0.4, -0.2) is 60.5 Å². The molecule has 8 nitrogen and oxygen atoms in total. The van der Waals surface area contributed by atoms with Gasteiger partial charge in [0.1, 0.15) is 0 Å². The topological polar surface area (TPSA) is 102 Å². The van der Waals surface area contributed by atoms with E-state index in [9.17, 15) is 19.5 Å². The van der Waals surface area contributed by atoms with Gasteiger partial charge in [0.05, 0.1) is 17.8 Å². The molecule has 0 aromatic heterocycles. The molecule has 1 fully saturated rings. The minimum Gasteiger partial charge on any atom is -0.478 e. The quantitative estimate of drug-likeness (QED) is 0.676. The van der Waals surface area contributed by atoms with Gasteiger partial charge in [-0.2, -0.15) is 0 Å². The second-order valence-corrected chi connectivity index (χ2v) is 7.40. The highest BCUT2D eigenvalue weighted by Gasteiger charge is 2.21. The number of rotatable bonds is 6. The van der Waals surface area contributed by atoms with Crippen molar-refractivity contribution >= 4 is 34.8 Å². The number of hydrogen-bond acceptors (Lipinski definition) is 5. The molecule has 1 saturated heterocycles. The number of carboxylic acid groups (broad SMARTS) is 1. The van der Waals surface area contributed by atoms with Gasteiger partial charge in [-0.05, 0) is 42.8 Å². The van der Waals surface area contributed by atoms with Crippen molar-refractivity contribution in [1.82, 2.24) is 4.90 Å². The van der Waals surface area contributed by atoms with Crippen molar-refractivity contribution in [2.75, 3.05) is 48.3 Å². The van der Waals surface area contributed by atoms with E-state index in [2.05, 4.69) is 20.4 Å². The first-order valence-electron chi connectivity index (χ1n) is 9.80. The number of carboxylic acids is 1. The van der Waals surface area contributed by atoms with Gasteiger partial charge < -0.3 is 20.6 Å². The second-order valence-electron chi connectivity index (χ2n) is 7.40. The van der Waals surface area contributed by atoms with Crippen LogP contribution >= 0.6 is 0 Å². The Morgan fingerprint density at radius 3 is 2.37 bits per heavy atom. The summed E-state index contributed by atoms with van der Waals surface area (Å²) in [6.45, 7) is 6.37. The molecule has 0 saturated carbocycles. The molecule has 30 heavy (non-hydrogen) atoms. The number of carbonyl (C=O) groups excluding carboxylic acids is 2. The number of piperazine rings is 1. The molecule has 0 spiro atoms. The van der Waals surface area contributed by atoms with Crippen LogP contribution in [0.5, 0.6) is 0 Å². The highest BCUT2D eigenvalue weighted by Crippen LogP contribution is 2.24. The van der Waals surface area contributed by atoms with Crippen LogP contribution < -0.4 is 15.5 Å². The van der Waals surface area contributed by atoms with Crippen LogP contribution in [0, 0.1) is 6.92 Å². The monoisotopic (exact) mass is 410 g/mol. The summed E-state index contributed by atoms with van der Waals surface area (Å²) in [5.74, 6) is -1.46. The van der Waals surface area contributed by atoms with Gasteiger partial charge in [0.15, 0.2) is 0 Å². The number of aromatic carboxylic acids is 1. The first kappa shape index (κ1) is 21.3. The zero-order chi connectivity index (χ0) is 21.7. The third-order valence-corrected chi connectivity index (χ3v) is 4.95. The lowest BCUT2D eigenvalue weighted by Gasteiger charge is -2.36. The average Bonchev–Trinajstić information content (AvgIpc) is 2.68. The Labute approximate surface area is 175 Å². The highest BCUT2D eigenvalue weighted by atomic mass is 16.4. The normalized spacial score (nSPS) is 14.3. The maximum Gasteiger partial charge on any atom is 0.337 e. The van der Waals surface area contributed by atoms with Crippen LogP contribution in [0.25, 0.3) is 0 Å². The third kappa shape index (κ3) is 5.57. The van der Waals surface area contributed by atoms with Crippen LogP contribution in [-0.2, 0) is 9.59 Å². The lowest BCUT2D eigenvalue weighted by Crippen LogP contribution is -2.48. The van der Waals surface area contributed by atoms with Gasteiger partial charge in [0.25, 0.3) is 0 Å². The number of aryl methyl sites for hydroxylation is 1. The summed E-state index contributed by atoms with van der Waals surface area (Å²) < 4.78 is 0. The second kappa shape index (κ2) is 9.41. The zero-order valence-corrected chi connectivity index (χ0v) is 17.1. The van der Waals surface area contributed by atoms with E-state index in [4.69, 9.17) is 0 Å². The van der Waals surface area contributed by atoms with Crippen LogP contribution in [0.3, 0.4) is 0 Å². The number of benzene rings is 2. The molecule has 8 heteroatoms. The Morgan fingerprint density at radius 1 is 1.00 bits per heavy atom. The Bertz CT molecular complexity index is 952. The summed E-state index contributed by atoms with van der Waals surface area (Å²) in [4.78, 5) is 39.3. The lowest BCUT2D eigenvalue weighted by atomic mass is 10.1. The first-order valence-corrected chi connectivity index (χ1v) is 9.80. The lowest BCUT2D eigenvalue weighted by molar-refractivity contribution is -0.117. The molecule has 2 amide bonds. The van der Waals surface area contributed by atoms with Crippen molar-refractivity contribution in [3.8, 4) is 0 Å². The number of amides is 2. The minimum atomic E-state index is -1.09. The number of carbonyl (C=O) groups is 3. The van der Waals surface area contributed by atoms with Crippen molar-refractivity contribution in [2.24, 2.45) is 0 Å². The van der Waals surface area contributed by atoms with Gasteiger partial charge >= 0.3 is 5.97 Å². The fourth-order valence-electron chi connectivity index (χ4n) is 3.50. The van der Waals surface area contributed by atoms with Crippen LogP contribution in [0.4, 0.5) is 17.1 Å². The van der Waals surface area contributed by atoms with E-state index >= 15 is 0 Å². The SMILES string of the molecule is CC(=O)Nc1ccc(N2CCN(CC(=O)Nc3cccc(C)c3)CC2)cc1C(=O)O. The summed E-state index contributed by atoms with van der Waals surface area (Å²) >= 11 is 0. The maximum atomic E-state index is 12.3. The predicted molar refractivity (Wildman–Crippen MR) is 116 cm³/mol. The van der Waals surface area contributed by atoms with E-state index < -0.39 is 5.97 Å². The van der Waals surface area contributed by atoms with Crippen molar-refractivity contribution < 1.29 is 19.5 Å². The molecule has 2 aromatic rings. The first-order chi connectivity index (χ1) is 14.3. The third-order valence-electron chi connectivity index (χ3n) is 4.95. The van der Waals surface area contributed by atoms with E-state index in [1.54, 1.807) is 18.2 Å². The van der Waals surface area contributed by atoms with Gasteiger partial charge in [0, 0.05) is 44.5 Å². The van der Waals surface area contributed by atoms with Crippen molar-refractivity contribution in [1.29, 1.82) is 0 Å². The number of anilines is 3. The molecular formula is C22H26N4O4. The average molecular weight is 410 g/mol. The predicted octanol–water partition coefficient (Wildman–Crippen LogP) is 2.41. The van der Waals surface area contributed by atoms with Crippen molar-refractivity contribution in [3.05, 3.63) is 53.6 Å². The van der Waals surface area contributed by atoms with E-state index in [0.29, 0.717) is 32.7 Å². The summed E-state index contributed by atoms with van der Waals surface area (Å²) in [5, 5.41) is 14.9. The summed E-state index contributed by atoms with van der Waals surface area (Å²) in [5.41, 5.74) is 3.00. The van der Waals surface area contributed by atoms with E-state index in [1.165, 1.54) is 6.92 Å². The molecule has 158 valence electrons. The van der Waals surface area contributed by atoms with E-state index in [-0.39, 0.29) is 23.1 Å². The largest absolute Gasteiger partial charge is 0.478 e. The molecule has 1 aliphatic heterocycles. The van der Waals surface area contributed by atoms with Crippen LogP contribution in [0.15, 0.2) is 42.5 Å². The minimum absolute atomic E-state index is 0.0538. The van der Waals surface area contributed by atoms with E-state index in [1.807, 2.05) is 31.2 Å². The van der Waals surface area contributed by atoms with Crippen molar-refractivity contribution in [2.45, 2.75) is 13.8 Å². The van der Waals surface area contributed by atoms with Gasteiger partial charge in [-0.15, -0.1) is 0 Å². The molecule has 3 N–H and O–H groups in total. The number of hydrogen-bond donors (Lipinski definition) is 3. The summed E-state index contributed by atoms with van der Waals surface area (Å²) in [6.07, 6.45) is 0. The molecule has 3 rings (SSSR count). The van der Waals surface area contributed by atoms with E-state index in [0.717, 1.165) is 16.9 Å². The van der Waals surface area contributed by atoms with Gasteiger partial charge in [-0.3, -0.25) is 14.5 Å². The smallest absolute Gasteiger partial charge is 0.337 e. The van der Waals surface area contributed by atoms with Crippen LogP contribution in [0.1, 0.15) is 22.8 Å². The Balaban J connectivity index is 1.57.